The molecule has 0 saturated heterocycles. The zero-order valence-corrected chi connectivity index (χ0v) is 12.4. The molecular weight excluding hydrogens is 252 g/mol. The summed E-state index contributed by atoms with van der Waals surface area (Å²) in [6.07, 6.45) is 1.91. The Labute approximate surface area is 121 Å². The van der Waals surface area contributed by atoms with Gasteiger partial charge in [-0.25, -0.2) is 0 Å². The van der Waals surface area contributed by atoms with E-state index < -0.39 is 0 Å². The van der Waals surface area contributed by atoms with Gasteiger partial charge in [-0.15, -0.1) is 0 Å². The maximum Gasteiger partial charge on any atom is 0.232 e. The van der Waals surface area contributed by atoms with Gasteiger partial charge in [0, 0.05) is 19.6 Å². The second-order valence-electron chi connectivity index (χ2n) is 4.77. The molecule has 0 atom stereocenters. The summed E-state index contributed by atoms with van der Waals surface area (Å²) in [5, 5.41) is 2.77. The van der Waals surface area contributed by atoms with Crippen molar-refractivity contribution in [2.75, 3.05) is 13.1 Å². The molecule has 0 bridgehead atoms. The van der Waals surface area contributed by atoms with Crippen molar-refractivity contribution >= 4 is 11.8 Å². The monoisotopic (exact) mass is 276 g/mol. The molecule has 4 nitrogen and oxygen atoms in total. The van der Waals surface area contributed by atoms with Crippen LogP contribution in [-0.2, 0) is 16.1 Å². The van der Waals surface area contributed by atoms with Crippen molar-refractivity contribution in [2.45, 2.75) is 39.7 Å². The lowest BCUT2D eigenvalue weighted by Gasteiger charge is -2.20. The first-order chi connectivity index (χ1) is 9.67. The van der Waals surface area contributed by atoms with Crippen LogP contribution in [0, 0.1) is 0 Å². The van der Waals surface area contributed by atoms with Crippen LogP contribution in [0.2, 0.25) is 0 Å². The van der Waals surface area contributed by atoms with Gasteiger partial charge in [0.1, 0.15) is 6.42 Å². The molecule has 0 unspecified atom stereocenters. The molecular formula is C16H24N2O2. The van der Waals surface area contributed by atoms with Gasteiger partial charge in [-0.05, 0) is 18.9 Å². The number of hydrogen-bond acceptors (Lipinski definition) is 2. The predicted molar refractivity (Wildman–Crippen MR) is 80.1 cm³/mol. The molecule has 0 spiro atoms. The summed E-state index contributed by atoms with van der Waals surface area (Å²) in [4.78, 5) is 25.4. The van der Waals surface area contributed by atoms with Gasteiger partial charge in [0.25, 0.3) is 0 Å². The molecule has 110 valence electrons. The van der Waals surface area contributed by atoms with Crippen LogP contribution in [-0.4, -0.2) is 29.8 Å². The van der Waals surface area contributed by atoms with Crippen molar-refractivity contribution in [1.29, 1.82) is 0 Å². The van der Waals surface area contributed by atoms with Gasteiger partial charge in [0.05, 0.1) is 0 Å². The molecule has 0 aliphatic heterocycles. The third-order valence-electron chi connectivity index (χ3n) is 3.11. The van der Waals surface area contributed by atoms with E-state index in [4.69, 9.17) is 0 Å². The molecule has 4 heteroatoms. The van der Waals surface area contributed by atoms with Crippen molar-refractivity contribution in [1.82, 2.24) is 10.2 Å². The first-order valence-electron chi connectivity index (χ1n) is 7.25. The van der Waals surface area contributed by atoms with Gasteiger partial charge in [-0.3, -0.25) is 9.59 Å². The first-order valence-corrected chi connectivity index (χ1v) is 7.25. The van der Waals surface area contributed by atoms with E-state index in [0.29, 0.717) is 19.6 Å². The molecule has 0 aromatic heterocycles. The molecule has 1 aromatic carbocycles. The van der Waals surface area contributed by atoms with E-state index in [1.54, 1.807) is 4.90 Å². The normalized spacial score (nSPS) is 10.1. The number of hydrogen-bond donors (Lipinski definition) is 1. The van der Waals surface area contributed by atoms with E-state index in [2.05, 4.69) is 12.2 Å². The number of nitrogens with one attached hydrogen (secondary N) is 1. The van der Waals surface area contributed by atoms with E-state index in [0.717, 1.165) is 18.4 Å². The molecule has 1 N–H and O–H groups in total. The summed E-state index contributed by atoms with van der Waals surface area (Å²) in [6.45, 7) is 5.80. The molecule has 0 aliphatic carbocycles. The van der Waals surface area contributed by atoms with Gasteiger partial charge in [0.2, 0.25) is 11.8 Å². The van der Waals surface area contributed by atoms with E-state index in [1.165, 1.54) is 0 Å². The average molecular weight is 276 g/mol. The number of unbranched alkanes of at least 4 members (excludes halogenated alkanes) is 1. The zero-order chi connectivity index (χ0) is 14.8. The van der Waals surface area contributed by atoms with Crippen LogP contribution < -0.4 is 5.32 Å². The molecule has 1 aromatic rings. The lowest BCUT2D eigenvalue weighted by atomic mass is 10.2. The highest BCUT2D eigenvalue weighted by Gasteiger charge is 2.15. The molecule has 20 heavy (non-hydrogen) atoms. The highest BCUT2D eigenvalue weighted by atomic mass is 16.2. The molecule has 2 amide bonds. The fourth-order valence-electron chi connectivity index (χ4n) is 1.90. The Morgan fingerprint density at radius 2 is 1.85 bits per heavy atom. The number of carbonyl (C=O) groups is 2. The molecule has 0 fully saturated rings. The predicted octanol–water partition coefficient (Wildman–Crippen LogP) is 2.34. The number of carbonyl (C=O) groups excluding carboxylic acids is 2. The summed E-state index contributed by atoms with van der Waals surface area (Å²) in [5.74, 6) is -0.305. The molecule has 0 saturated carbocycles. The van der Waals surface area contributed by atoms with E-state index in [9.17, 15) is 9.59 Å². The minimum atomic E-state index is -0.185. The van der Waals surface area contributed by atoms with Gasteiger partial charge < -0.3 is 10.2 Å². The lowest BCUT2D eigenvalue weighted by Crippen LogP contribution is -2.35. The van der Waals surface area contributed by atoms with E-state index in [1.807, 2.05) is 37.3 Å². The molecule has 0 radical (unpaired) electrons. The Bertz CT molecular complexity index is 418. The largest absolute Gasteiger partial charge is 0.356 e. The molecule has 0 heterocycles. The Kier molecular flexibility index (Phi) is 7.40. The maximum atomic E-state index is 12.1. The van der Waals surface area contributed by atoms with Gasteiger partial charge in [-0.2, -0.15) is 0 Å². The minimum Gasteiger partial charge on any atom is -0.356 e. The van der Waals surface area contributed by atoms with Gasteiger partial charge >= 0.3 is 0 Å². The van der Waals surface area contributed by atoms with Gasteiger partial charge in [0.15, 0.2) is 0 Å². The van der Waals surface area contributed by atoms with Crippen molar-refractivity contribution in [3.05, 3.63) is 35.9 Å². The van der Waals surface area contributed by atoms with Crippen molar-refractivity contribution < 1.29 is 9.59 Å². The Morgan fingerprint density at radius 1 is 1.15 bits per heavy atom. The van der Waals surface area contributed by atoms with Gasteiger partial charge in [-0.1, -0.05) is 43.7 Å². The highest BCUT2D eigenvalue weighted by molar-refractivity contribution is 5.96. The summed E-state index contributed by atoms with van der Waals surface area (Å²) < 4.78 is 0. The third-order valence-corrected chi connectivity index (χ3v) is 3.11. The lowest BCUT2D eigenvalue weighted by molar-refractivity contribution is -0.136. The topological polar surface area (TPSA) is 49.4 Å². The maximum absolute atomic E-state index is 12.1. The van der Waals surface area contributed by atoms with Crippen LogP contribution in [0.5, 0.6) is 0 Å². The number of nitrogens with zero attached hydrogens (tertiary/aromatic N) is 1. The average Bonchev–Trinajstić information content (AvgIpc) is 2.46. The third kappa shape index (κ3) is 5.87. The summed E-state index contributed by atoms with van der Waals surface area (Å²) in [6, 6.07) is 9.81. The van der Waals surface area contributed by atoms with Crippen LogP contribution in [0.4, 0.5) is 0 Å². The van der Waals surface area contributed by atoms with Crippen molar-refractivity contribution in [3.8, 4) is 0 Å². The Hall–Kier alpha value is -1.84. The van der Waals surface area contributed by atoms with Crippen LogP contribution in [0.1, 0.15) is 38.7 Å². The smallest absolute Gasteiger partial charge is 0.232 e. The number of amides is 2. The zero-order valence-electron chi connectivity index (χ0n) is 12.4. The van der Waals surface area contributed by atoms with Crippen molar-refractivity contribution in [2.24, 2.45) is 0 Å². The van der Waals surface area contributed by atoms with E-state index >= 15 is 0 Å². The second kappa shape index (κ2) is 9.13. The second-order valence-corrected chi connectivity index (χ2v) is 4.77. The molecule has 1 rings (SSSR count). The molecule has 0 aliphatic rings. The fraction of sp³-hybridized carbons (Fsp3) is 0.500. The Morgan fingerprint density at radius 3 is 2.45 bits per heavy atom. The van der Waals surface area contributed by atoms with Crippen LogP contribution in [0.15, 0.2) is 30.3 Å². The summed E-state index contributed by atoms with van der Waals surface area (Å²) in [5.41, 5.74) is 1.08. The summed E-state index contributed by atoms with van der Waals surface area (Å²) in [7, 11) is 0. The van der Waals surface area contributed by atoms with Crippen molar-refractivity contribution in [3.63, 3.8) is 0 Å². The SMILES string of the molecule is CCCCNC(=O)CC(=O)N(CC)Cc1ccccc1. The van der Waals surface area contributed by atoms with E-state index in [-0.39, 0.29) is 18.2 Å². The first kappa shape index (κ1) is 16.2. The minimum absolute atomic E-state index is 0.0651. The van der Waals surface area contributed by atoms with Crippen LogP contribution in [0.25, 0.3) is 0 Å². The number of benzene rings is 1. The Balaban J connectivity index is 2.44. The quantitative estimate of drug-likeness (QED) is 0.585. The summed E-state index contributed by atoms with van der Waals surface area (Å²) >= 11 is 0. The fourth-order valence-corrected chi connectivity index (χ4v) is 1.90. The standard InChI is InChI=1S/C16H24N2O2/c1-3-5-11-17-15(19)12-16(20)18(4-2)13-14-9-7-6-8-10-14/h6-10H,3-5,11-13H2,1-2H3,(H,17,19). The highest BCUT2D eigenvalue weighted by Crippen LogP contribution is 2.05. The van der Waals surface area contributed by atoms with Crippen LogP contribution in [0.3, 0.4) is 0 Å². The number of rotatable bonds is 8. The van der Waals surface area contributed by atoms with Crippen LogP contribution >= 0.6 is 0 Å².